The molecule has 1 rings (SSSR count). The van der Waals surface area contributed by atoms with E-state index in [-0.39, 0.29) is 0 Å². The molecule has 4 nitrogen and oxygen atoms in total. The number of hydrogen-bond donors (Lipinski definition) is 1. The Morgan fingerprint density at radius 3 is 2.58 bits per heavy atom. The van der Waals surface area contributed by atoms with Gasteiger partial charge in [-0.15, -0.1) is 0 Å². The van der Waals surface area contributed by atoms with E-state index < -0.39 is 0 Å². The molecule has 0 atom stereocenters. The fraction of sp³-hybridized carbons (Fsp3) is 1.00. The smallest absolute Gasteiger partial charge is 0.0518 e. The van der Waals surface area contributed by atoms with Gasteiger partial charge in [-0.2, -0.15) is 0 Å². The Hall–Kier alpha value is -0.160. The fourth-order valence-electron chi connectivity index (χ4n) is 2.49. The molecule has 1 aliphatic heterocycles. The predicted octanol–water partition coefficient (Wildman–Crippen LogP) is 1.75. The van der Waals surface area contributed by atoms with Crippen LogP contribution in [-0.4, -0.2) is 64.1 Å². The highest BCUT2D eigenvalue weighted by molar-refractivity contribution is 4.72. The van der Waals surface area contributed by atoms with Crippen molar-refractivity contribution >= 4 is 0 Å². The summed E-state index contributed by atoms with van der Waals surface area (Å²) in [4.78, 5) is 2.56. The van der Waals surface area contributed by atoms with Gasteiger partial charge in [-0.25, -0.2) is 0 Å². The van der Waals surface area contributed by atoms with Crippen LogP contribution in [-0.2, 0) is 9.47 Å². The standard InChI is InChI=1S/C15H32N2O2/c1-14(2)19-12-4-7-16-8-11-17-9-5-15(6-10-17)13-18-3/h14-16H,4-13H2,1-3H3. The Labute approximate surface area is 118 Å². The van der Waals surface area contributed by atoms with Crippen molar-refractivity contribution in [3.05, 3.63) is 0 Å². The molecule has 0 amide bonds. The molecule has 0 radical (unpaired) electrons. The number of nitrogens with one attached hydrogen (secondary N) is 1. The van der Waals surface area contributed by atoms with E-state index >= 15 is 0 Å². The fourth-order valence-corrected chi connectivity index (χ4v) is 2.49. The highest BCUT2D eigenvalue weighted by Crippen LogP contribution is 2.16. The van der Waals surface area contributed by atoms with Crippen molar-refractivity contribution in [3.8, 4) is 0 Å². The zero-order valence-electron chi connectivity index (χ0n) is 13.0. The summed E-state index contributed by atoms with van der Waals surface area (Å²) in [7, 11) is 1.80. The summed E-state index contributed by atoms with van der Waals surface area (Å²) in [6, 6.07) is 0. The van der Waals surface area contributed by atoms with Crippen LogP contribution in [0.15, 0.2) is 0 Å². The van der Waals surface area contributed by atoms with E-state index in [1.54, 1.807) is 7.11 Å². The number of nitrogens with zero attached hydrogens (tertiary/aromatic N) is 1. The van der Waals surface area contributed by atoms with Crippen LogP contribution < -0.4 is 5.32 Å². The normalized spacial score (nSPS) is 18.3. The maximum Gasteiger partial charge on any atom is 0.0518 e. The van der Waals surface area contributed by atoms with Crippen LogP contribution in [0, 0.1) is 5.92 Å². The summed E-state index contributed by atoms with van der Waals surface area (Å²) in [6.45, 7) is 11.8. The summed E-state index contributed by atoms with van der Waals surface area (Å²) in [5, 5.41) is 3.50. The number of hydrogen-bond acceptors (Lipinski definition) is 4. The lowest BCUT2D eigenvalue weighted by molar-refractivity contribution is 0.0767. The van der Waals surface area contributed by atoms with Gasteiger partial charge in [-0.3, -0.25) is 0 Å². The summed E-state index contributed by atoms with van der Waals surface area (Å²) >= 11 is 0. The third-order valence-electron chi connectivity index (χ3n) is 3.66. The first kappa shape index (κ1) is 16.9. The van der Waals surface area contributed by atoms with E-state index in [1.807, 2.05) is 0 Å². The summed E-state index contributed by atoms with van der Waals surface area (Å²) in [5.74, 6) is 0.780. The lowest BCUT2D eigenvalue weighted by Gasteiger charge is -2.31. The molecule has 0 spiro atoms. The van der Waals surface area contributed by atoms with E-state index in [0.29, 0.717) is 6.10 Å². The second-order valence-electron chi connectivity index (χ2n) is 5.76. The maximum absolute atomic E-state index is 5.51. The largest absolute Gasteiger partial charge is 0.384 e. The average molecular weight is 272 g/mol. The van der Waals surface area contributed by atoms with E-state index in [2.05, 4.69) is 24.1 Å². The quantitative estimate of drug-likeness (QED) is 0.614. The molecule has 19 heavy (non-hydrogen) atoms. The van der Waals surface area contributed by atoms with Crippen LogP contribution in [0.25, 0.3) is 0 Å². The lowest BCUT2D eigenvalue weighted by atomic mass is 9.98. The minimum absolute atomic E-state index is 0.355. The maximum atomic E-state index is 5.51. The van der Waals surface area contributed by atoms with Crippen LogP contribution in [0.4, 0.5) is 0 Å². The van der Waals surface area contributed by atoms with Crippen LogP contribution >= 0.6 is 0 Å². The first-order chi connectivity index (χ1) is 9.22. The third-order valence-corrected chi connectivity index (χ3v) is 3.66. The number of likely N-dealkylation sites (tertiary alicyclic amines) is 1. The van der Waals surface area contributed by atoms with Gasteiger partial charge in [0.25, 0.3) is 0 Å². The molecular formula is C15H32N2O2. The van der Waals surface area contributed by atoms with E-state index in [0.717, 1.165) is 38.6 Å². The van der Waals surface area contributed by atoms with Gasteiger partial charge in [-0.05, 0) is 58.7 Å². The van der Waals surface area contributed by atoms with Crippen molar-refractivity contribution in [3.63, 3.8) is 0 Å². The van der Waals surface area contributed by atoms with E-state index in [9.17, 15) is 0 Å². The Bertz CT molecular complexity index is 204. The zero-order chi connectivity index (χ0) is 13.9. The van der Waals surface area contributed by atoms with Gasteiger partial charge >= 0.3 is 0 Å². The molecule has 1 N–H and O–H groups in total. The number of rotatable bonds is 10. The predicted molar refractivity (Wildman–Crippen MR) is 79.6 cm³/mol. The molecule has 1 aliphatic rings. The number of methoxy groups -OCH3 is 1. The molecular weight excluding hydrogens is 240 g/mol. The molecule has 1 heterocycles. The highest BCUT2D eigenvalue weighted by atomic mass is 16.5. The van der Waals surface area contributed by atoms with Gasteiger partial charge in [-0.1, -0.05) is 0 Å². The monoisotopic (exact) mass is 272 g/mol. The second-order valence-corrected chi connectivity index (χ2v) is 5.76. The zero-order valence-corrected chi connectivity index (χ0v) is 13.0. The van der Waals surface area contributed by atoms with Gasteiger partial charge in [0.1, 0.15) is 0 Å². The van der Waals surface area contributed by atoms with Gasteiger partial charge in [0.2, 0.25) is 0 Å². The van der Waals surface area contributed by atoms with Gasteiger partial charge in [0.15, 0.2) is 0 Å². The summed E-state index contributed by atoms with van der Waals surface area (Å²) in [6.07, 6.45) is 4.04. The molecule has 4 heteroatoms. The van der Waals surface area contributed by atoms with Crippen molar-refractivity contribution in [1.82, 2.24) is 10.2 Å². The Kier molecular flexibility index (Phi) is 9.43. The molecule has 0 unspecified atom stereocenters. The SMILES string of the molecule is COCC1CCN(CCNCCCOC(C)C)CC1. The van der Waals surface area contributed by atoms with Crippen molar-refractivity contribution in [2.75, 3.05) is 53.0 Å². The first-order valence-corrected chi connectivity index (χ1v) is 7.76. The Balaban J connectivity index is 1.88. The van der Waals surface area contributed by atoms with E-state index in [1.165, 1.54) is 32.5 Å². The summed E-state index contributed by atoms with van der Waals surface area (Å²) in [5.41, 5.74) is 0. The van der Waals surface area contributed by atoms with Crippen molar-refractivity contribution in [2.24, 2.45) is 5.92 Å². The molecule has 0 aromatic heterocycles. The molecule has 0 aromatic carbocycles. The molecule has 1 saturated heterocycles. The number of piperidine rings is 1. The topological polar surface area (TPSA) is 33.7 Å². The molecule has 1 fully saturated rings. The first-order valence-electron chi connectivity index (χ1n) is 7.76. The molecule has 0 saturated carbocycles. The minimum atomic E-state index is 0.355. The Morgan fingerprint density at radius 2 is 1.95 bits per heavy atom. The molecule has 0 aliphatic carbocycles. The number of ether oxygens (including phenoxy) is 2. The van der Waals surface area contributed by atoms with Gasteiger partial charge in [0.05, 0.1) is 6.10 Å². The van der Waals surface area contributed by atoms with Crippen molar-refractivity contribution in [1.29, 1.82) is 0 Å². The third kappa shape index (κ3) is 8.58. The molecule has 0 bridgehead atoms. The van der Waals surface area contributed by atoms with Gasteiger partial charge in [0, 0.05) is 33.4 Å². The van der Waals surface area contributed by atoms with Gasteiger partial charge < -0.3 is 19.7 Å². The Morgan fingerprint density at radius 1 is 1.21 bits per heavy atom. The minimum Gasteiger partial charge on any atom is -0.384 e. The van der Waals surface area contributed by atoms with Crippen LogP contribution in [0.5, 0.6) is 0 Å². The molecule has 0 aromatic rings. The van der Waals surface area contributed by atoms with Crippen LogP contribution in [0.1, 0.15) is 33.1 Å². The lowest BCUT2D eigenvalue weighted by Crippen LogP contribution is -2.39. The van der Waals surface area contributed by atoms with Crippen LogP contribution in [0.3, 0.4) is 0 Å². The summed E-state index contributed by atoms with van der Waals surface area (Å²) < 4.78 is 10.7. The average Bonchev–Trinajstić information content (AvgIpc) is 2.39. The van der Waals surface area contributed by atoms with Crippen LogP contribution in [0.2, 0.25) is 0 Å². The van der Waals surface area contributed by atoms with E-state index in [4.69, 9.17) is 9.47 Å². The van der Waals surface area contributed by atoms with Crippen molar-refractivity contribution < 1.29 is 9.47 Å². The van der Waals surface area contributed by atoms with Crippen molar-refractivity contribution in [2.45, 2.75) is 39.2 Å². The molecule has 114 valence electrons. The highest BCUT2D eigenvalue weighted by Gasteiger charge is 2.18. The second kappa shape index (κ2) is 10.6.